The summed E-state index contributed by atoms with van der Waals surface area (Å²) in [4.78, 5) is 17.0. The summed E-state index contributed by atoms with van der Waals surface area (Å²) in [6, 6.07) is 6.49. The number of anilines is 1. The number of primary amides is 1. The summed E-state index contributed by atoms with van der Waals surface area (Å²) >= 11 is 0. The zero-order valence-electron chi connectivity index (χ0n) is 10.8. The maximum absolute atomic E-state index is 13.6. The van der Waals surface area contributed by atoms with Crippen molar-refractivity contribution >= 4 is 11.7 Å². The molecule has 2 N–H and O–H groups in total. The smallest absolute Gasteiger partial charge is 0.252 e. The molecule has 1 heterocycles. The van der Waals surface area contributed by atoms with Gasteiger partial charge in [-0.2, -0.15) is 0 Å². The number of carbonyl (C=O) groups excluding carboxylic acids is 1. The lowest BCUT2D eigenvalue weighted by Gasteiger charge is -2.20. The zero-order chi connectivity index (χ0) is 14.7. The van der Waals surface area contributed by atoms with Gasteiger partial charge in [0.25, 0.3) is 5.91 Å². The normalized spacial score (nSPS) is 10.3. The standard InChI is InChI=1S/C14H13F2N3O/c1-19(8-9-4-5-10(15)7-12(9)16)14-11(13(17)20)3-2-6-18-14/h2-7H,8H2,1H3,(H2,17,20). The molecule has 0 unspecified atom stereocenters. The number of hydrogen-bond acceptors (Lipinski definition) is 3. The Balaban J connectivity index is 2.28. The van der Waals surface area contributed by atoms with Crippen LogP contribution in [0, 0.1) is 11.6 Å². The number of pyridine rings is 1. The largest absolute Gasteiger partial charge is 0.365 e. The first-order chi connectivity index (χ1) is 9.49. The maximum Gasteiger partial charge on any atom is 0.252 e. The summed E-state index contributed by atoms with van der Waals surface area (Å²) in [5, 5.41) is 0. The Morgan fingerprint density at radius 2 is 2.10 bits per heavy atom. The average Bonchev–Trinajstić information content (AvgIpc) is 2.41. The van der Waals surface area contributed by atoms with E-state index in [1.165, 1.54) is 18.3 Å². The number of carbonyl (C=O) groups is 1. The van der Waals surface area contributed by atoms with Crippen LogP contribution in [0.5, 0.6) is 0 Å². The molecule has 20 heavy (non-hydrogen) atoms. The molecule has 0 aliphatic heterocycles. The van der Waals surface area contributed by atoms with E-state index >= 15 is 0 Å². The van der Waals surface area contributed by atoms with Crippen molar-refractivity contribution in [3.63, 3.8) is 0 Å². The van der Waals surface area contributed by atoms with Crippen LogP contribution in [-0.2, 0) is 6.54 Å². The van der Waals surface area contributed by atoms with E-state index in [2.05, 4.69) is 4.98 Å². The fourth-order valence-corrected chi connectivity index (χ4v) is 1.87. The second-order valence-electron chi connectivity index (χ2n) is 4.33. The minimum atomic E-state index is -0.645. The molecule has 0 fully saturated rings. The number of amides is 1. The predicted molar refractivity (Wildman–Crippen MR) is 71.2 cm³/mol. The molecule has 2 rings (SSSR count). The third-order valence-corrected chi connectivity index (χ3v) is 2.84. The van der Waals surface area contributed by atoms with Gasteiger partial charge in [-0.25, -0.2) is 13.8 Å². The first-order valence-electron chi connectivity index (χ1n) is 5.89. The highest BCUT2D eigenvalue weighted by Gasteiger charge is 2.14. The first-order valence-corrected chi connectivity index (χ1v) is 5.89. The molecule has 1 aromatic heterocycles. The van der Waals surface area contributed by atoms with E-state index in [0.29, 0.717) is 11.4 Å². The van der Waals surface area contributed by atoms with Crippen LogP contribution >= 0.6 is 0 Å². The first kappa shape index (κ1) is 13.9. The van der Waals surface area contributed by atoms with Gasteiger partial charge in [-0.3, -0.25) is 4.79 Å². The van der Waals surface area contributed by atoms with Crippen LogP contribution < -0.4 is 10.6 Å². The lowest BCUT2D eigenvalue weighted by Crippen LogP contribution is -2.23. The molecular formula is C14H13F2N3O. The third kappa shape index (κ3) is 2.90. The number of aromatic nitrogens is 1. The average molecular weight is 277 g/mol. The minimum absolute atomic E-state index is 0.142. The number of benzene rings is 1. The maximum atomic E-state index is 13.6. The quantitative estimate of drug-likeness (QED) is 0.931. The van der Waals surface area contributed by atoms with Crippen molar-refractivity contribution in [1.29, 1.82) is 0 Å². The summed E-state index contributed by atoms with van der Waals surface area (Å²) in [6.07, 6.45) is 1.51. The molecule has 0 radical (unpaired) electrons. The van der Waals surface area contributed by atoms with Gasteiger partial charge >= 0.3 is 0 Å². The SMILES string of the molecule is CN(Cc1ccc(F)cc1F)c1ncccc1C(N)=O. The van der Waals surface area contributed by atoms with Gasteiger partial charge in [0.05, 0.1) is 5.56 Å². The van der Waals surface area contributed by atoms with Crippen LogP contribution in [-0.4, -0.2) is 17.9 Å². The predicted octanol–water partition coefficient (Wildman–Crippen LogP) is 2.10. The minimum Gasteiger partial charge on any atom is -0.365 e. The summed E-state index contributed by atoms with van der Waals surface area (Å²) in [6.45, 7) is 0.142. The van der Waals surface area contributed by atoms with Gasteiger partial charge in [-0.1, -0.05) is 6.07 Å². The highest BCUT2D eigenvalue weighted by atomic mass is 19.1. The Hall–Kier alpha value is -2.50. The van der Waals surface area contributed by atoms with Gasteiger partial charge in [0.2, 0.25) is 0 Å². The lowest BCUT2D eigenvalue weighted by molar-refractivity contribution is 0.100. The van der Waals surface area contributed by atoms with Crippen LogP contribution in [0.4, 0.5) is 14.6 Å². The second-order valence-corrected chi connectivity index (χ2v) is 4.33. The topological polar surface area (TPSA) is 59.2 Å². The molecule has 0 aliphatic carbocycles. The summed E-state index contributed by atoms with van der Waals surface area (Å²) < 4.78 is 26.5. The highest BCUT2D eigenvalue weighted by Crippen LogP contribution is 2.19. The van der Waals surface area contributed by atoms with Gasteiger partial charge in [0.1, 0.15) is 17.5 Å². The summed E-state index contributed by atoms with van der Waals surface area (Å²) in [7, 11) is 1.65. The molecule has 0 saturated heterocycles. The fraction of sp³-hybridized carbons (Fsp3) is 0.143. The zero-order valence-corrected chi connectivity index (χ0v) is 10.8. The molecule has 1 aromatic carbocycles. The number of hydrogen-bond donors (Lipinski definition) is 1. The van der Waals surface area contributed by atoms with E-state index in [0.717, 1.165) is 6.07 Å². The second kappa shape index (κ2) is 5.64. The Bertz CT molecular complexity index is 646. The number of nitrogens with two attached hydrogens (primary N) is 1. The Kier molecular flexibility index (Phi) is 3.93. The van der Waals surface area contributed by atoms with E-state index in [-0.39, 0.29) is 12.1 Å². The monoisotopic (exact) mass is 277 g/mol. The Labute approximate surface area is 114 Å². The van der Waals surface area contributed by atoms with Gasteiger partial charge in [0, 0.05) is 31.4 Å². The molecule has 1 amide bonds. The molecule has 0 aliphatic rings. The van der Waals surface area contributed by atoms with Crippen LogP contribution in [0.2, 0.25) is 0 Å². The number of nitrogens with zero attached hydrogens (tertiary/aromatic N) is 2. The molecule has 0 atom stereocenters. The third-order valence-electron chi connectivity index (χ3n) is 2.84. The van der Waals surface area contributed by atoms with Crippen molar-refractivity contribution in [3.05, 3.63) is 59.3 Å². The van der Waals surface area contributed by atoms with Crippen LogP contribution in [0.1, 0.15) is 15.9 Å². The Morgan fingerprint density at radius 3 is 2.75 bits per heavy atom. The van der Waals surface area contributed by atoms with Gasteiger partial charge in [0.15, 0.2) is 0 Å². The summed E-state index contributed by atoms with van der Waals surface area (Å²) in [5.74, 6) is -1.54. The molecule has 2 aromatic rings. The molecule has 4 nitrogen and oxygen atoms in total. The van der Waals surface area contributed by atoms with E-state index in [1.807, 2.05) is 0 Å². The van der Waals surface area contributed by atoms with Crippen LogP contribution in [0.3, 0.4) is 0 Å². The van der Waals surface area contributed by atoms with Crippen LogP contribution in [0.25, 0.3) is 0 Å². The Morgan fingerprint density at radius 1 is 1.35 bits per heavy atom. The van der Waals surface area contributed by atoms with E-state index in [9.17, 15) is 13.6 Å². The van der Waals surface area contributed by atoms with E-state index < -0.39 is 17.5 Å². The van der Waals surface area contributed by atoms with Crippen molar-refractivity contribution in [2.24, 2.45) is 5.73 Å². The fourth-order valence-electron chi connectivity index (χ4n) is 1.87. The van der Waals surface area contributed by atoms with E-state index in [1.54, 1.807) is 24.1 Å². The van der Waals surface area contributed by atoms with Gasteiger partial charge < -0.3 is 10.6 Å². The highest BCUT2D eigenvalue weighted by molar-refractivity contribution is 5.97. The van der Waals surface area contributed by atoms with Gasteiger partial charge in [-0.05, 0) is 18.2 Å². The van der Waals surface area contributed by atoms with Crippen molar-refractivity contribution in [2.45, 2.75) is 6.54 Å². The summed E-state index contributed by atoms with van der Waals surface area (Å²) in [5.41, 5.74) is 5.81. The molecule has 0 bridgehead atoms. The van der Waals surface area contributed by atoms with E-state index in [4.69, 9.17) is 5.73 Å². The molecular weight excluding hydrogens is 264 g/mol. The lowest BCUT2D eigenvalue weighted by atomic mass is 10.1. The molecule has 0 spiro atoms. The number of halogens is 2. The number of rotatable bonds is 4. The molecule has 6 heteroatoms. The van der Waals surface area contributed by atoms with Crippen molar-refractivity contribution in [1.82, 2.24) is 4.98 Å². The van der Waals surface area contributed by atoms with Crippen molar-refractivity contribution in [3.8, 4) is 0 Å². The molecule has 0 saturated carbocycles. The molecule has 104 valence electrons. The van der Waals surface area contributed by atoms with Crippen LogP contribution in [0.15, 0.2) is 36.5 Å². The van der Waals surface area contributed by atoms with Crippen molar-refractivity contribution < 1.29 is 13.6 Å². The van der Waals surface area contributed by atoms with Crippen molar-refractivity contribution in [2.75, 3.05) is 11.9 Å². The van der Waals surface area contributed by atoms with Gasteiger partial charge in [-0.15, -0.1) is 0 Å².